The van der Waals surface area contributed by atoms with Crippen LogP contribution in [0.1, 0.15) is 23.7 Å². The van der Waals surface area contributed by atoms with Crippen LogP contribution in [-0.2, 0) is 6.54 Å². The smallest absolute Gasteiger partial charge is 0.256 e. The van der Waals surface area contributed by atoms with Crippen molar-refractivity contribution < 1.29 is 9.90 Å². The van der Waals surface area contributed by atoms with Gasteiger partial charge in [-0.25, -0.2) is 4.98 Å². The lowest BCUT2D eigenvalue weighted by molar-refractivity contribution is 0.0264. The molecule has 0 radical (unpaired) electrons. The molecule has 3 heterocycles. The molecular formula is C16H22N6O2. The van der Waals surface area contributed by atoms with E-state index in [9.17, 15) is 9.90 Å². The minimum atomic E-state index is -0.956. The maximum Gasteiger partial charge on any atom is 0.256 e. The number of hydrogen-bond donors (Lipinski definition) is 1. The summed E-state index contributed by atoms with van der Waals surface area (Å²) in [7, 11) is 1.70. The van der Waals surface area contributed by atoms with Crippen LogP contribution in [0.3, 0.4) is 0 Å². The van der Waals surface area contributed by atoms with Gasteiger partial charge in [-0.05, 0) is 13.3 Å². The van der Waals surface area contributed by atoms with E-state index in [2.05, 4.69) is 15.1 Å². The Kier molecular flexibility index (Phi) is 4.48. The summed E-state index contributed by atoms with van der Waals surface area (Å²) >= 11 is 0. The third-order valence-corrected chi connectivity index (χ3v) is 4.29. The molecule has 0 aromatic carbocycles. The van der Waals surface area contributed by atoms with Crippen molar-refractivity contribution in [1.29, 1.82) is 0 Å². The number of aryl methyl sites for hydroxylation is 1. The topological polar surface area (TPSA) is 87.4 Å². The Bertz CT molecular complexity index is 704. The fourth-order valence-electron chi connectivity index (χ4n) is 3.02. The summed E-state index contributed by atoms with van der Waals surface area (Å²) in [4.78, 5) is 24.3. The molecule has 1 fully saturated rings. The zero-order chi connectivity index (χ0) is 17.2. The van der Waals surface area contributed by atoms with Crippen molar-refractivity contribution in [3.63, 3.8) is 0 Å². The molecule has 24 heavy (non-hydrogen) atoms. The molecule has 128 valence electrons. The molecule has 1 aliphatic rings. The molecule has 0 bridgehead atoms. The highest BCUT2D eigenvalue weighted by atomic mass is 16.3. The number of carbonyl (C=O) groups excluding carboxylic acids is 1. The molecule has 1 N–H and O–H groups in total. The zero-order valence-electron chi connectivity index (χ0n) is 14.0. The molecule has 8 nitrogen and oxygen atoms in total. The van der Waals surface area contributed by atoms with Crippen LogP contribution in [0.15, 0.2) is 31.0 Å². The predicted molar refractivity (Wildman–Crippen MR) is 88.7 cm³/mol. The highest BCUT2D eigenvalue weighted by Crippen LogP contribution is 2.26. The van der Waals surface area contributed by atoms with Crippen LogP contribution in [0.2, 0.25) is 0 Å². The van der Waals surface area contributed by atoms with Gasteiger partial charge in [0.1, 0.15) is 11.4 Å². The summed E-state index contributed by atoms with van der Waals surface area (Å²) in [5, 5.41) is 15.0. The van der Waals surface area contributed by atoms with Gasteiger partial charge in [0, 0.05) is 45.3 Å². The van der Waals surface area contributed by atoms with Gasteiger partial charge in [-0.15, -0.1) is 0 Å². The quantitative estimate of drug-likeness (QED) is 0.854. The number of rotatable bonds is 5. The normalized spacial score (nSPS) is 20.4. The number of likely N-dealkylation sites (N-methyl/N-ethyl adjacent to an activating group) is 1. The van der Waals surface area contributed by atoms with Gasteiger partial charge in [0.25, 0.3) is 5.91 Å². The second-order valence-corrected chi connectivity index (χ2v) is 6.21. The second-order valence-electron chi connectivity index (χ2n) is 6.21. The van der Waals surface area contributed by atoms with E-state index in [-0.39, 0.29) is 12.5 Å². The van der Waals surface area contributed by atoms with Gasteiger partial charge in [-0.1, -0.05) is 0 Å². The van der Waals surface area contributed by atoms with E-state index < -0.39 is 5.60 Å². The molecule has 0 saturated carbocycles. The Balaban J connectivity index is 1.63. The Labute approximate surface area is 140 Å². The van der Waals surface area contributed by atoms with Gasteiger partial charge >= 0.3 is 0 Å². The molecule has 2 aromatic heterocycles. The summed E-state index contributed by atoms with van der Waals surface area (Å²) in [6, 6.07) is 0. The monoisotopic (exact) mass is 330 g/mol. The minimum Gasteiger partial charge on any atom is -0.386 e. The molecule has 1 atom stereocenters. The summed E-state index contributed by atoms with van der Waals surface area (Å²) in [5.74, 6) is 0.604. The third-order valence-electron chi connectivity index (χ3n) is 4.29. The van der Waals surface area contributed by atoms with Crippen LogP contribution >= 0.6 is 0 Å². The molecule has 0 spiro atoms. The highest BCUT2D eigenvalue weighted by Gasteiger charge is 2.38. The number of hydrogen-bond acceptors (Lipinski definition) is 6. The molecule has 1 amide bonds. The van der Waals surface area contributed by atoms with Gasteiger partial charge in [0.2, 0.25) is 0 Å². The summed E-state index contributed by atoms with van der Waals surface area (Å²) in [5.41, 5.74) is -0.422. The van der Waals surface area contributed by atoms with Gasteiger partial charge < -0.3 is 14.9 Å². The van der Waals surface area contributed by atoms with Crippen LogP contribution in [0, 0.1) is 0 Å². The van der Waals surface area contributed by atoms with Gasteiger partial charge in [0.05, 0.1) is 24.5 Å². The van der Waals surface area contributed by atoms with E-state index in [1.54, 1.807) is 47.6 Å². The number of aromatic nitrogens is 4. The van der Waals surface area contributed by atoms with Crippen molar-refractivity contribution in [1.82, 2.24) is 24.6 Å². The fraction of sp³-hybridized carbons (Fsp3) is 0.500. The maximum atomic E-state index is 12.5. The van der Waals surface area contributed by atoms with E-state index in [1.165, 1.54) is 0 Å². The molecular weight excluding hydrogens is 308 g/mol. The number of amides is 1. The maximum absolute atomic E-state index is 12.5. The van der Waals surface area contributed by atoms with E-state index >= 15 is 0 Å². The molecule has 0 aliphatic carbocycles. The van der Waals surface area contributed by atoms with Crippen molar-refractivity contribution in [2.75, 3.05) is 31.6 Å². The zero-order valence-corrected chi connectivity index (χ0v) is 14.0. The van der Waals surface area contributed by atoms with Crippen LogP contribution in [0.4, 0.5) is 5.82 Å². The predicted octanol–water partition coefficient (Wildman–Crippen LogP) is 0.406. The lowest BCUT2D eigenvalue weighted by atomic mass is 10.0. The van der Waals surface area contributed by atoms with Gasteiger partial charge in [-0.2, -0.15) is 5.10 Å². The first-order chi connectivity index (χ1) is 11.5. The van der Waals surface area contributed by atoms with Crippen LogP contribution in [0.25, 0.3) is 0 Å². The van der Waals surface area contributed by atoms with E-state index in [1.807, 2.05) is 11.8 Å². The Morgan fingerprint density at radius 3 is 2.92 bits per heavy atom. The third kappa shape index (κ3) is 3.38. The SMILES string of the molecule is CCn1cc(C(=O)N(C)C[C@]2(O)CCN(c3cnccn3)C2)cn1. The average molecular weight is 330 g/mol. The molecule has 3 rings (SSSR count). The van der Waals surface area contributed by atoms with Crippen molar-refractivity contribution in [2.45, 2.75) is 25.5 Å². The Morgan fingerprint density at radius 1 is 1.42 bits per heavy atom. The number of carbonyl (C=O) groups is 1. The fourth-order valence-corrected chi connectivity index (χ4v) is 3.02. The molecule has 0 unspecified atom stereocenters. The summed E-state index contributed by atoms with van der Waals surface area (Å²) < 4.78 is 1.71. The number of aliphatic hydroxyl groups is 1. The van der Waals surface area contributed by atoms with Crippen molar-refractivity contribution in [3.05, 3.63) is 36.5 Å². The summed E-state index contributed by atoms with van der Waals surface area (Å²) in [6.45, 7) is 4.06. The first-order valence-corrected chi connectivity index (χ1v) is 8.02. The molecule has 8 heteroatoms. The van der Waals surface area contributed by atoms with Crippen LogP contribution in [-0.4, -0.2) is 67.9 Å². The highest BCUT2D eigenvalue weighted by molar-refractivity contribution is 5.93. The molecule has 2 aromatic rings. The first kappa shape index (κ1) is 16.4. The van der Waals surface area contributed by atoms with Gasteiger partial charge in [0.15, 0.2) is 0 Å². The number of nitrogens with zero attached hydrogens (tertiary/aromatic N) is 6. The Hall–Kier alpha value is -2.48. The van der Waals surface area contributed by atoms with Crippen LogP contribution < -0.4 is 4.90 Å². The molecule has 1 aliphatic heterocycles. The first-order valence-electron chi connectivity index (χ1n) is 8.02. The minimum absolute atomic E-state index is 0.138. The largest absolute Gasteiger partial charge is 0.386 e. The second kappa shape index (κ2) is 6.56. The van der Waals surface area contributed by atoms with E-state index in [4.69, 9.17) is 0 Å². The van der Waals surface area contributed by atoms with E-state index in [0.717, 1.165) is 5.82 Å². The number of β-amino-alcohol motifs (C(OH)–C–C–N with tert-alkyl or cyclic N) is 1. The average Bonchev–Trinajstić information content (AvgIpc) is 3.22. The van der Waals surface area contributed by atoms with Crippen molar-refractivity contribution >= 4 is 11.7 Å². The van der Waals surface area contributed by atoms with E-state index in [0.29, 0.717) is 31.6 Å². The molecule has 1 saturated heterocycles. The van der Waals surface area contributed by atoms with Crippen LogP contribution in [0.5, 0.6) is 0 Å². The number of anilines is 1. The lowest BCUT2D eigenvalue weighted by Gasteiger charge is -2.28. The standard InChI is InChI=1S/C16H22N6O2/c1-3-22-10-13(8-19-22)15(23)20(2)11-16(24)4-7-21(12-16)14-9-17-5-6-18-14/h5-6,8-10,24H,3-4,7,11-12H2,1-2H3/t16-/m1/s1. The lowest BCUT2D eigenvalue weighted by Crippen LogP contribution is -2.45. The van der Waals surface area contributed by atoms with Crippen molar-refractivity contribution in [3.8, 4) is 0 Å². The van der Waals surface area contributed by atoms with Crippen molar-refractivity contribution in [2.24, 2.45) is 0 Å². The summed E-state index contributed by atoms with van der Waals surface area (Å²) in [6.07, 6.45) is 8.80. The van der Waals surface area contributed by atoms with Gasteiger partial charge in [-0.3, -0.25) is 14.5 Å². The Morgan fingerprint density at radius 2 is 2.25 bits per heavy atom.